The quantitative estimate of drug-likeness (QED) is 0.869. The molecule has 1 aliphatic rings. The molecule has 0 spiro atoms. The Morgan fingerprint density at radius 1 is 1.25 bits per heavy atom. The van der Waals surface area contributed by atoms with E-state index >= 15 is 0 Å². The molecule has 0 radical (unpaired) electrons. The number of aromatic nitrogens is 2. The molecule has 5 nitrogen and oxygen atoms in total. The Labute approximate surface area is 146 Å². The second-order valence-electron chi connectivity index (χ2n) is 6.25. The van der Waals surface area contributed by atoms with Gasteiger partial charge in [-0.05, 0) is 31.9 Å². The number of nitrogens with one attached hydrogen (secondary N) is 2. The average molecular weight is 344 g/mol. The first-order valence-corrected chi connectivity index (χ1v) is 9.45. The number of carbonyl (C=O) groups is 1. The third kappa shape index (κ3) is 4.54. The molecule has 0 bridgehead atoms. The summed E-state index contributed by atoms with van der Waals surface area (Å²) in [7, 11) is 0. The zero-order valence-corrected chi connectivity index (χ0v) is 14.9. The van der Waals surface area contributed by atoms with E-state index in [0.717, 1.165) is 35.5 Å². The van der Waals surface area contributed by atoms with Crippen LogP contribution in [0, 0.1) is 6.92 Å². The summed E-state index contributed by atoms with van der Waals surface area (Å²) in [6.07, 6.45) is 10.3. The second-order valence-corrected chi connectivity index (χ2v) is 7.33. The topological polar surface area (TPSA) is 66.9 Å². The summed E-state index contributed by atoms with van der Waals surface area (Å²) in [5.74, 6) is 0. The minimum Gasteiger partial charge on any atom is -0.338 e. The number of urea groups is 1. The summed E-state index contributed by atoms with van der Waals surface area (Å²) in [6, 6.07) is 4.25. The van der Waals surface area contributed by atoms with Crippen LogP contribution in [-0.4, -0.2) is 28.6 Å². The highest BCUT2D eigenvalue weighted by molar-refractivity contribution is 7.15. The maximum atomic E-state index is 12.0. The van der Waals surface area contributed by atoms with Gasteiger partial charge in [0, 0.05) is 41.8 Å². The Morgan fingerprint density at radius 2 is 2.00 bits per heavy atom. The summed E-state index contributed by atoms with van der Waals surface area (Å²) >= 11 is 1.69. The van der Waals surface area contributed by atoms with Crippen molar-refractivity contribution in [3.63, 3.8) is 0 Å². The molecule has 2 heterocycles. The standard InChI is InChI=1S/C18H24N4OS/c1-13-16(24-17(21-13)14-7-10-19-11-8-14)9-12-20-18(23)22-15-5-3-2-4-6-15/h7-8,10-11,15H,2-6,9,12H2,1H3,(H2,20,22,23). The molecule has 2 aromatic rings. The highest BCUT2D eigenvalue weighted by Crippen LogP contribution is 2.27. The van der Waals surface area contributed by atoms with Crippen LogP contribution in [-0.2, 0) is 6.42 Å². The molecule has 2 aromatic heterocycles. The van der Waals surface area contributed by atoms with Crippen LogP contribution < -0.4 is 10.6 Å². The monoisotopic (exact) mass is 344 g/mol. The fraction of sp³-hybridized carbons (Fsp3) is 0.500. The SMILES string of the molecule is Cc1nc(-c2ccncc2)sc1CCNC(=O)NC1CCCCC1. The van der Waals surface area contributed by atoms with Gasteiger partial charge < -0.3 is 10.6 Å². The van der Waals surface area contributed by atoms with Crippen LogP contribution in [0.15, 0.2) is 24.5 Å². The fourth-order valence-corrected chi connectivity index (χ4v) is 4.12. The van der Waals surface area contributed by atoms with Crippen molar-refractivity contribution in [2.45, 2.75) is 51.5 Å². The van der Waals surface area contributed by atoms with Crippen molar-refractivity contribution < 1.29 is 4.79 Å². The van der Waals surface area contributed by atoms with Crippen LogP contribution in [0.3, 0.4) is 0 Å². The highest BCUT2D eigenvalue weighted by Gasteiger charge is 2.15. The minimum atomic E-state index is -0.0431. The summed E-state index contributed by atoms with van der Waals surface area (Å²) in [5.41, 5.74) is 2.13. The van der Waals surface area contributed by atoms with Gasteiger partial charge in [0.25, 0.3) is 0 Å². The zero-order valence-electron chi connectivity index (χ0n) is 14.0. The van der Waals surface area contributed by atoms with Crippen LogP contribution in [0.5, 0.6) is 0 Å². The van der Waals surface area contributed by atoms with Gasteiger partial charge in [-0.15, -0.1) is 11.3 Å². The molecule has 0 unspecified atom stereocenters. The van der Waals surface area contributed by atoms with E-state index in [4.69, 9.17) is 0 Å². The van der Waals surface area contributed by atoms with E-state index in [2.05, 4.69) is 20.6 Å². The molecule has 1 saturated carbocycles. The number of thiazole rings is 1. The van der Waals surface area contributed by atoms with Gasteiger partial charge >= 0.3 is 6.03 Å². The van der Waals surface area contributed by atoms with Crippen molar-refractivity contribution in [3.05, 3.63) is 35.1 Å². The number of hydrogen-bond acceptors (Lipinski definition) is 4. The summed E-state index contributed by atoms with van der Waals surface area (Å²) in [4.78, 5) is 21.9. The first kappa shape index (κ1) is 16.9. The first-order chi connectivity index (χ1) is 11.7. The lowest BCUT2D eigenvalue weighted by Crippen LogP contribution is -2.43. The van der Waals surface area contributed by atoms with Gasteiger partial charge in [-0.3, -0.25) is 4.98 Å². The molecule has 2 amide bonds. The Morgan fingerprint density at radius 3 is 2.75 bits per heavy atom. The molecule has 3 rings (SSSR count). The van der Waals surface area contributed by atoms with Crippen LogP contribution in [0.25, 0.3) is 10.6 Å². The Bertz CT molecular complexity index is 665. The lowest BCUT2D eigenvalue weighted by Gasteiger charge is -2.22. The van der Waals surface area contributed by atoms with Crippen molar-refractivity contribution in [3.8, 4) is 10.6 Å². The fourth-order valence-electron chi connectivity index (χ4n) is 3.05. The molecule has 2 N–H and O–H groups in total. The maximum Gasteiger partial charge on any atom is 0.315 e. The molecular formula is C18H24N4OS. The number of aryl methyl sites for hydroxylation is 1. The van der Waals surface area contributed by atoms with Gasteiger partial charge in [0.15, 0.2) is 0 Å². The van der Waals surface area contributed by atoms with Crippen LogP contribution in [0.2, 0.25) is 0 Å². The minimum absolute atomic E-state index is 0.0431. The van der Waals surface area contributed by atoms with Gasteiger partial charge in [0.1, 0.15) is 5.01 Å². The van der Waals surface area contributed by atoms with Crippen molar-refractivity contribution in [1.82, 2.24) is 20.6 Å². The van der Waals surface area contributed by atoms with Crippen LogP contribution in [0.1, 0.15) is 42.7 Å². The number of carbonyl (C=O) groups excluding carboxylic acids is 1. The molecule has 6 heteroatoms. The number of rotatable bonds is 5. The highest BCUT2D eigenvalue weighted by atomic mass is 32.1. The van der Waals surface area contributed by atoms with Crippen molar-refractivity contribution >= 4 is 17.4 Å². The van der Waals surface area contributed by atoms with E-state index in [-0.39, 0.29) is 6.03 Å². The van der Waals surface area contributed by atoms with Crippen molar-refractivity contribution in [1.29, 1.82) is 0 Å². The van der Waals surface area contributed by atoms with Gasteiger partial charge in [-0.1, -0.05) is 19.3 Å². The normalized spacial score (nSPS) is 15.2. The van der Waals surface area contributed by atoms with E-state index < -0.39 is 0 Å². The number of nitrogens with zero attached hydrogens (tertiary/aromatic N) is 2. The molecule has 0 atom stereocenters. The lowest BCUT2D eigenvalue weighted by atomic mass is 9.96. The molecular weight excluding hydrogens is 320 g/mol. The Balaban J connectivity index is 1.48. The van der Waals surface area contributed by atoms with Crippen LogP contribution >= 0.6 is 11.3 Å². The maximum absolute atomic E-state index is 12.0. The van der Waals surface area contributed by atoms with Gasteiger partial charge in [-0.2, -0.15) is 0 Å². The van der Waals surface area contributed by atoms with Crippen molar-refractivity contribution in [2.75, 3.05) is 6.54 Å². The Hall–Kier alpha value is -1.95. The number of amides is 2. The Kier molecular flexibility index (Phi) is 5.80. The van der Waals surface area contributed by atoms with Gasteiger partial charge in [0.2, 0.25) is 0 Å². The third-order valence-electron chi connectivity index (χ3n) is 4.40. The van der Waals surface area contributed by atoms with Gasteiger partial charge in [0.05, 0.1) is 5.69 Å². The molecule has 24 heavy (non-hydrogen) atoms. The van der Waals surface area contributed by atoms with E-state index in [0.29, 0.717) is 12.6 Å². The second kappa shape index (κ2) is 8.24. The van der Waals surface area contributed by atoms with E-state index in [9.17, 15) is 4.79 Å². The first-order valence-electron chi connectivity index (χ1n) is 8.63. The van der Waals surface area contributed by atoms with E-state index in [1.54, 1.807) is 23.7 Å². The van der Waals surface area contributed by atoms with Gasteiger partial charge in [-0.25, -0.2) is 9.78 Å². The predicted molar refractivity (Wildman–Crippen MR) is 97.2 cm³/mol. The molecule has 1 fully saturated rings. The number of hydrogen-bond donors (Lipinski definition) is 2. The smallest absolute Gasteiger partial charge is 0.315 e. The molecule has 1 aliphatic carbocycles. The average Bonchev–Trinajstić information content (AvgIpc) is 2.98. The summed E-state index contributed by atoms with van der Waals surface area (Å²) < 4.78 is 0. The van der Waals surface area contributed by atoms with Crippen molar-refractivity contribution in [2.24, 2.45) is 0 Å². The van der Waals surface area contributed by atoms with E-state index in [1.165, 1.54) is 24.1 Å². The predicted octanol–water partition coefficient (Wildman–Crippen LogP) is 3.69. The third-order valence-corrected chi connectivity index (χ3v) is 5.66. The lowest BCUT2D eigenvalue weighted by molar-refractivity contribution is 0.233. The molecule has 128 valence electrons. The summed E-state index contributed by atoms with van der Waals surface area (Å²) in [6.45, 7) is 2.66. The summed E-state index contributed by atoms with van der Waals surface area (Å²) in [5, 5.41) is 7.07. The van der Waals surface area contributed by atoms with Crippen LogP contribution in [0.4, 0.5) is 4.79 Å². The largest absolute Gasteiger partial charge is 0.338 e. The molecule has 0 saturated heterocycles. The number of pyridine rings is 1. The zero-order chi connectivity index (χ0) is 16.8. The molecule has 0 aliphatic heterocycles. The molecule has 0 aromatic carbocycles. The van der Waals surface area contributed by atoms with E-state index in [1.807, 2.05) is 19.1 Å².